The summed E-state index contributed by atoms with van der Waals surface area (Å²) in [6.45, 7) is 3.79. The molecule has 0 saturated heterocycles. The maximum absolute atomic E-state index is 12.4. The van der Waals surface area contributed by atoms with Crippen LogP contribution in [0.1, 0.15) is 38.8 Å². The summed E-state index contributed by atoms with van der Waals surface area (Å²) >= 11 is 6.07. The standard InChI is InChI=1S/C17H15ClO4/c1-3-22-17(21)12-8-13(18)15(14(19)9-12)16(20)11-6-4-10(2)5-7-11/h4-9,19H,3H2,1-2H3. The van der Waals surface area contributed by atoms with Crippen LogP contribution in [0.3, 0.4) is 0 Å². The molecule has 0 heterocycles. The average Bonchev–Trinajstić information content (AvgIpc) is 2.47. The molecule has 114 valence electrons. The zero-order valence-electron chi connectivity index (χ0n) is 12.2. The molecule has 0 aliphatic carbocycles. The quantitative estimate of drug-likeness (QED) is 0.688. The summed E-state index contributed by atoms with van der Waals surface area (Å²) in [4.78, 5) is 24.1. The average molecular weight is 319 g/mol. The first-order valence-electron chi connectivity index (χ1n) is 6.75. The first-order chi connectivity index (χ1) is 10.4. The van der Waals surface area contributed by atoms with E-state index in [1.807, 2.05) is 6.92 Å². The molecule has 0 saturated carbocycles. The first kappa shape index (κ1) is 16.0. The second-order valence-corrected chi connectivity index (χ2v) is 5.18. The Morgan fingerprint density at radius 1 is 1.14 bits per heavy atom. The second-order valence-electron chi connectivity index (χ2n) is 4.77. The number of esters is 1. The summed E-state index contributed by atoms with van der Waals surface area (Å²) in [6.07, 6.45) is 0. The molecule has 5 heteroatoms. The minimum absolute atomic E-state index is 0.00799. The number of halogens is 1. The molecule has 0 fully saturated rings. The van der Waals surface area contributed by atoms with Crippen LogP contribution in [0.2, 0.25) is 5.02 Å². The van der Waals surface area contributed by atoms with Crippen molar-refractivity contribution in [2.24, 2.45) is 0 Å². The van der Waals surface area contributed by atoms with Gasteiger partial charge in [0.25, 0.3) is 0 Å². The Bertz CT molecular complexity index is 697. The maximum atomic E-state index is 12.4. The number of ketones is 1. The van der Waals surface area contributed by atoms with E-state index in [9.17, 15) is 14.7 Å². The summed E-state index contributed by atoms with van der Waals surface area (Å²) in [5.41, 5.74) is 1.50. The molecule has 0 atom stereocenters. The Morgan fingerprint density at radius 3 is 2.32 bits per heavy atom. The number of aryl methyl sites for hydroxylation is 1. The minimum Gasteiger partial charge on any atom is -0.507 e. The summed E-state index contributed by atoms with van der Waals surface area (Å²) in [5.74, 6) is -1.35. The van der Waals surface area contributed by atoms with E-state index in [2.05, 4.69) is 0 Å². The van der Waals surface area contributed by atoms with Gasteiger partial charge in [0.05, 0.1) is 22.8 Å². The van der Waals surface area contributed by atoms with Gasteiger partial charge in [-0.2, -0.15) is 0 Å². The van der Waals surface area contributed by atoms with Crippen molar-refractivity contribution in [3.8, 4) is 5.75 Å². The predicted octanol–water partition coefficient (Wildman–Crippen LogP) is 3.76. The maximum Gasteiger partial charge on any atom is 0.338 e. The van der Waals surface area contributed by atoms with Crippen LogP contribution >= 0.6 is 11.6 Å². The van der Waals surface area contributed by atoms with Crippen LogP contribution in [-0.4, -0.2) is 23.5 Å². The number of rotatable bonds is 4. The van der Waals surface area contributed by atoms with Gasteiger partial charge in [0.2, 0.25) is 0 Å². The molecule has 0 spiro atoms. The predicted molar refractivity (Wildman–Crippen MR) is 83.7 cm³/mol. The van der Waals surface area contributed by atoms with Crippen LogP contribution in [0.5, 0.6) is 5.75 Å². The van der Waals surface area contributed by atoms with E-state index in [1.54, 1.807) is 31.2 Å². The van der Waals surface area contributed by atoms with Crippen molar-refractivity contribution in [3.63, 3.8) is 0 Å². The van der Waals surface area contributed by atoms with Gasteiger partial charge in [-0.15, -0.1) is 0 Å². The minimum atomic E-state index is -0.603. The number of aromatic hydroxyl groups is 1. The SMILES string of the molecule is CCOC(=O)c1cc(O)c(C(=O)c2ccc(C)cc2)c(Cl)c1. The number of hydrogen-bond donors (Lipinski definition) is 1. The molecule has 0 unspecified atom stereocenters. The molecule has 1 N–H and O–H groups in total. The van der Waals surface area contributed by atoms with E-state index in [1.165, 1.54) is 12.1 Å². The highest BCUT2D eigenvalue weighted by molar-refractivity contribution is 6.35. The number of carbonyl (C=O) groups excluding carboxylic acids is 2. The normalized spacial score (nSPS) is 10.3. The van der Waals surface area contributed by atoms with E-state index in [0.717, 1.165) is 5.56 Å². The molecule has 4 nitrogen and oxygen atoms in total. The first-order valence-corrected chi connectivity index (χ1v) is 7.12. The molecule has 2 aromatic carbocycles. The highest BCUT2D eigenvalue weighted by atomic mass is 35.5. The van der Waals surface area contributed by atoms with Gasteiger partial charge in [0.1, 0.15) is 5.75 Å². The molecular formula is C17H15ClO4. The van der Waals surface area contributed by atoms with Gasteiger partial charge in [-0.1, -0.05) is 41.4 Å². The van der Waals surface area contributed by atoms with Gasteiger partial charge >= 0.3 is 5.97 Å². The summed E-state index contributed by atoms with van der Waals surface area (Å²) in [7, 11) is 0. The third kappa shape index (κ3) is 3.28. The Kier molecular flexibility index (Phi) is 4.83. The fraction of sp³-hybridized carbons (Fsp3) is 0.176. The molecule has 22 heavy (non-hydrogen) atoms. The molecule has 0 radical (unpaired) electrons. The summed E-state index contributed by atoms with van der Waals surface area (Å²) in [5, 5.41) is 10.1. The zero-order chi connectivity index (χ0) is 16.3. The van der Waals surface area contributed by atoms with Crippen molar-refractivity contribution in [2.45, 2.75) is 13.8 Å². The van der Waals surface area contributed by atoms with E-state index in [4.69, 9.17) is 16.3 Å². The van der Waals surface area contributed by atoms with Crippen LogP contribution in [0, 0.1) is 6.92 Å². The van der Waals surface area contributed by atoms with Crippen molar-refractivity contribution in [3.05, 3.63) is 63.7 Å². The topological polar surface area (TPSA) is 63.6 Å². The van der Waals surface area contributed by atoms with E-state index in [-0.39, 0.29) is 28.5 Å². The summed E-state index contributed by atoms with van der Waals surface area (Å²) in [6, 6.07) is 9.42. The number of carbonyl (C=O) groups is 2. The van der Waals surface area contributed by atoms with Crippen molar-refractivity contribution < 1.29 is 19.4 Å². The molecular weight excluding hydrogens is 304 g/mol. The number of phenolic OH excluding ortho intramolecular Hbond substituents is 1. The largest absolute Gasteiger partial charge is 0.507 e. The molecule has 2 aromatic rings. The Labute approximate surface area is 133 Å². The molecule has 0 aliphatic rings. The van der Waals surface area contributed by atoms with Crippen LogP contribution in [0.4, 0.5) is 0 Å². The van der Waals surface area contributed by atoms with Crippen molar-refractivity contribution in [1.82, 2.24) is 0 Å². The lowest BCUT2D eigenvalue weighted by atomic mass is 10.00. The van der Waals surface area contributed by atoms with E-state index in [0.29, 0.717) is 5.56 Å². The monoisotopic (exact) mass is 318 g/mol. The third-order valence-electron chi connectivity index (χ3n) is 3.12. The number of ether oxygens (including phenoxy) is 1. The number of phenols is 1. The van der Waals surface area contributed by atoms with E-state index >= 15 is 0 Å². The molecule has 2 rings (SSSR count). The van der Waals surface area contributed by atoms with Gasteiger partial charge in [0.15, 0.2) is 5.78 Å². The lowest BCUT2D eigenvalue weighted by Crippen LogP contribution is -2.07. The Hall–Kier alpha value is -2.33. The number of benzene rings is 2. The van der Waals surface area contributed by atoms with Crippen LogP contribution in [-0.2, 0) is 4.74 Å². The molecule has 0 aromatic heterocycles. The Morgan fingerprint density at radius 2 is 1.77 bits per heavy atom. The van der Waals surface area contributed by atoms with Gasteiger partial charge in [-0.3, -0.25) is 4.79 Å². The third-order valence-corrected chi connectivity index (χ3v) is 3.42. The second kappa shape index (κ2) is 6.62. The highest BCUT2D eigenvalue weighted by Gasteiger charge is 2.20. The molecule has 0 bridgehead atoms. The molecule has 0 aliphatic heterocycles. The van der Waals surface area contributed by atoms with Crippen molar-refractivity contribution >= 4 is 23.4 Å². The lowest BCUT2D eigenvalue weighted by Gasteiger charge is -2.09. The van der Waals surface area contributed by atoms with Crippen LogP contribution in [0.15, 0.2) is 36.4 Å². The smallest absolute Gasteiger partial charge is 0.338 e. The van der Waals surface area contributed by atoms with Gasteiger partial charge in [-0.05, 0) is 26.0 Å². The van der Waals surface area contributed by atoms with Crippen LogP contribution in [0.25, 0.3) is 0 Å². The van der Waals surface area contributed by atoms with Crippen molar-refractivity contribution in [1.29, 1.82) is 0 Å². The fourth-order valence-corrected chi connectivity index (χ4v) is 2.30. The van der Waals surface area contributed by atoms with Gasteiger partial charge in [0, 0.05) is 5.56 Å². The van der Waals surface area contributed by atoms with E-state index < -0.39 is 11.8 Å². The van der Waals surface area contributed by atoms with Gasteiger partial charge < -0.3 is 9.84 Å². The summed E-state index contributed by atoms with van der Waals surface area (Å²) < 4.78 is 4.84. The van der Waals surface area contributed by atoms with Crippen LogP contribution < -0.4 is 0 Å². The zero-order valence-corrected chi connectivity index (χ0v) is 13.0. The van der Waals surface area contributed by atoms with Crippen molar-refractivity contribution in [2.75, 3.05) is 6.61 Å². The highest BCUT2D eigenvalue weighted by Crippen LogP contribution is 2.30. The fourth-order valence-electron chi connectivity index (χ4n) is 2.00. The van der Waals surface area contributed by atoms with Gasteiger partial charge in [-0.25, -0.2) is 4.79 Å². The lowest BCUT2D eigenvalue weighted by molar-refractivity contribution is 0.0525. The molecule has 0 amide bonds. The number of hydrogen-bond acceptors (Lipinski definition) is 4. The Balaban J connectivity index is 2.41.